The first-order valence-electron chi connectivity index (χ1n) is 5.92. The van der Waals surface area contributed by atoms with E-state index in [1.807, 2.05) is 6.92 Å². The van der Waals surface area contributed by atoms with Gasteiger partial charge in [0.2, 0.25) is 0 Å². The Labute approximate surface area is 103 Å². The highest BCUT2D eigenvalue weighted by Crippen LogP contribution is 2.36. The third-order valence-electron chi connectivity index (χ3n) is 2.15. The molecule has 5 N–H and O–H groups in total. The van der Waals surface area contributed by atoms with Gasteiger partial charge in [0, 0.05) is 6.54 Å². The minimum Gasteiger partial charge on any atom is -0.395 e. The lowest BCUT2D eigenvalue weighted by atomic mass is 10.0. The highest BCUT2D eigenvalue weighted by atomic mass is 31.2. The number of nitrogens with two attached hydrogens (primary N) is 1. The van der Waals surface area contributed by atoms with Crippen molar-refractivity contribution in [3.63, 3.8) is 0 Å². The summed E-state index contributed by atoms with van der Waals surface area (Å²) in [5, 5.41) is 7.75. The average Bonchev–Trinajstić information content (AvgIpc) is 2.28. The maximum absolute atomic E-state index is 10.4. The summed E-state index contributed by atoms with van der Waals surface area (Å²) >= 11 is 0. The van der Waals surface area contributed by atoms with Crippen molar-refractivity contribution >= 4 is 7.82 Å². The van der Waals surface area contributed by atoms with Crippen LogP contribution in [-0.4, -0.2) is 34.7 Å². The van der Waals surface area contributed by atoms with Gasteiger partial charge < -0.3 is 20.6 Å². The van der Waals surface area contributed by atoms with Crippen LogP contribution in [0.15, 0.2) is 0 Å². The van der Waals surface area contributed by atoms with E-state index in [9.17, 15) is 4.57 Å². The van der Waals surface area contributed by atoms with E-state index in [2.05, 4.69) is 11.4 Å². The highest BCUT2D eigenvalue weighted by Gasteiger charge is 2.16. The van der Waals surface area contributed by atoms with Gasteiger partial charge in [-0.3, -0.25) is 4.52 Å². The van der Waals surface area contributed by atoms with Crippen molar-refractivity contribution in [2.45, 2.75) is 39.5 Å². The molecule has 0 bridgehead atoms. The Kier molecular flexibility index (Phi) is 14.2. The lowest BCUT2D eigenvalue weighted by molar-refractivity contribution is 0.161. The lowest BCUT2D eigenvalue weighted by Crippen LogP contribution is -2.07. The number of phosphoric acid groups is 1. The molecule has 17 heavy (non-hydrogen) atoms. The topological polar surface area (TPSA) is 113 Å². The van der Waals surface area contributed by atoms with Crippen LogP contribution in [0, 0.1) is 5.92 Å². The predicted molar refractivity (Wildman–Crippen MR) is 67.4 cm³/mol. The van der Waals surface area contributed by atoms with Crippen LogP contribution in [0.2, 0.25) is 0 Å². The molecule has 7 heteroatoms. The van der Waals surface area contributed by atoms with Gasteiger partial charge in [-0.1, -0.05) is 33.1 Å². The molecule has 0 aromatic heterocycles. The third kappa shape index (κ3) is 18.6. The molecule has 0 heterocycles. The normalized spacial score (nSPS) is 12.8. The second-order valence-corrected chi connectivity index (χ2v) is 4.95. The molecular weight excluding hydrogens is 245 g/mol. The Bertz CT molecular complexity index is 195. The summed E-state index contributed by atoms with van der Waals surface area (Å²) in [6, 6.07) is 0. The van der Waals surface area contributed by atoms with E-state index in [0.29, 0.717) is 6.54 Å². The summed E-state index contributed by atoms with van der Waals surface area (Å²) in [6.07, 6.45) is 4.07. The second-order valence-electron chi connectivity index (χ2n) is 3.72. The quantitative estimate of drug-likeness (QED) is 0.494. The first-order chi connectivity index (χ1) is 7.91. The maximum atomic E-state index is 10.4. The zero-order valence-electron chi connectivity index (χ0n) is 10.7. The number of phosphoric ester groups is 1. The van der Waals surface area contributed by atoms with E-state index in [1.54, 1.807) is 0 Å². The molecule has 0 rings (SSSR count). The summed E-state index contributed by atoms with van der Waals surface area (Å²) in [5.74, 6) is 0.271. The Morgan fingerprint density at radius 2 is 1.88 bits per heavy atom. The van der Waals surface area contributed by atoms with Gasteiger partial charge in [-0.05, 0) is 12.3 Å². The Morgan fingerprint density at radius 3 is 2.18 bits per heavy atom. The molecule has 0 aliphatic carbocycles. The summed E-state index contributed by atoms with van der Waals surface area (Å²) in [5.41, 5.74) is 4.78. The van der Waals surface area contributed by atoms with Crippen molar-refractivity contribution in [3.8, 4) is 0 Å². The van der Waals surface area contributed by atoms with Gasteiger partial charge in [0.1, 0.15) is 0 Å². The van der Waals surface area contributed by atoms with Crippen LogP contribution in [0.3, 0.4) is 0 Å². The molecule has 0 saturated carbocycles. The van der Waals surface area contributed by atoms with E-state index in [0.717, 1.165) is 25.7 Å². The van der Waals surface area contributed by atoms with Gasteiger partial charge in [0.25, 0.3) is 0 Å². The predicted octanol–water partition coefficient (Wildman–Crippen LogP) is 1.25. The molecule has 0 saturated heterocycles. The molecule has 0 aromatic carbocycles. The number of hydrogen-bond acceptors (Lipinski definition) is 4. The molecule has 1 atom stereocenters. The van der Waals surface area contributed by atoms with Gasteiger partial charge in [-0.2, -0.15) is 0 Å². The van der Waals surface area contributed by atoms with Crippen molar-refractivity contribution in [1.29, 1.82) is 0 Å². The summed E-state index contributed by atoms with van der Waals surface area (Å²) in [6.45, 7) is 4.74. The minimum absolute atomic E-state index is 0.0972. The number of unbranched alkanes of at least 4 members (excludes halogenated alkanes) is 1. The zero-order valence-corrected chi connectivity index (χ0v) is 11.6. The molecule has 0 amide bonds. The van der Waals surface area contributed by atoms with E-state index in [-0.39, 0.29) is 19.1 Å². The number of aliphatic hydroxyl groups is 1. The number of rotatable bonds is 8. The second kappa shape index (κ2) is 12.5. The molecule has 0 spiro atoms. The summed E-state index contributed by atoms with van der Waals surface area (Å²) in [4.78, 5) is 17.0. The molecular formula is C10H26NO5P. The minimum atomic E-state index is -4.26. The molecule has 1 unspecified atom stereocenters. The number of aliphatic hydroxyl groups excluding tert-OH is 1. The van der Waals surface area contributed by atoms with Crippen molar-refractivity contribution in [3.05, 3.63) is 0 Å². The van der Waals surface area contributed by atoms with E-state index < -0.39 is 7.82 Å². The average molecular weight is 271 g/mol. The summed E-state index contributed by atoms with van der Waals surface area (Å²) in [7, 11) is -4.26. The van der Waals surface area contributed by atoms with Crippen LogP contribution in [0.25, 0.3) is 0 Å². The van der Waals surface area contributed by atoms with E-state index in [4.69, 9.17) is 20.6 Å². The fourth-order valence-electron chi connectivity index (χ4n) is 1.10. The molecule has 106 valence electrons. The van der Waals surface area contributed by atoms with Gasteiger partial charge in [0.05, 0.1) is 13.2 Å². The van der Waals surface area contributed by atoms with Crippen LogP contribution in [0.5, 0.6) is 0 Å². The Balaban J connectivity index is 0. The Hall–Kier alpha value is 0.0300. The van der Waals surface area contributed by atoms with Gasteiger partial charge in [-0.15, -0.1) is 0 Å². The first-order valence-corrected chi connectivity index (χ1v) is 7.45. The smallest absolute Gasteiger partial charge is 0.395 e. The molecule has 0 radical (unpaired) electrons. The van der Waals surface area contributed by atoms with Gasteiger partial charge in [0.15, 0.2) is 0 Å². The molecule has 0 aromatic rings. The fourth-order valence-corrected chi connectivity index (χ4v) is 1.51. The maximum Gasteiger partial charge on any atom is 0.469 e. The van der Waals surface area contributed by atoms with E-state index >= 15 is 0 Å². The van der Waals surface area contributed by atoms with Crippen LogP contribution < -0.4 is 5.73 Å². The van der Waals surface area contributed by atoms with Crippen LogP contribution in [-0.2, 0) is 9.09 Å². The van der Waals surface area contributed by atoms with Crippen LogP contribution in [0.1, 0.15) is 39.5 Å². The van der Waals surface area contributed by atoms with Crippen molar-refractivity contribution in [1.82, 2.24) is 0 Å². The van der Waals surface area contributed by atoms with Crippen LogP contribution >= 0.6 is 7.82 Å². The van der Waals surface area contributed by atoms with Crippen molar-refractivity contribution in [2.24, 2.45) is 11.7 Å². The first kappa shape index (κ1) is 19.4. The molecule has 0 fully saturated rings. The zero-order chi connectivity index (χ0) is 13.7. The monoisotopic (exact) mass is 271 g/mol. The number of hydrogen-bond donors (Lipinski definition) is 4. The molecule has 0 aliphatic rings. The van der Waals surface area contributed by atoms with Crippen molar-refractivity contribution in [2.75, 3.05) is 19.8 Å². The SMILES string of the molecule is CCCCC(CC)COP(=O)(O)O.NCCO. The van der Waals surface area contributed by atoms with Crippen molar-refractivity contribution < 1.29 is 24.0 Å². The Morgan fingerprint density at radius 1 is 1.35 bits per heavy atom. The van der Waals surface area contributed by atoms with Crippen LogP contribution in [0.4, 0.5) is 0 Å². The van der Waals surface area contributed by atoms with Gasteiger partial charge >= 0.3 is 7.82 Å². The third-order valence-corrected chi connectivity index (χ3v) is 2.64. The fraction of sp³-hybridized carbons (Fsp3) is 1.00. The highest BCUT2D eigenvalue weighted by molar-refractivity contribution is 7.46. The summed E-state index contributed by atoms with van der Waals surface area (Å²) < 4.78 is 14.8. The van der Waals surface area contributed by atoms with E-state index in [1.165, 1.54) is 0 Å². The van der Waals surface area contributed by atoms with Gasteiger partial charge in [-0.25, -0.2) is 4.57 Å². The standard InChI is InChI=1S/C8H19O4P.C2H7NO/c1-3-5-6-8(4-2)7-12-13(9,10)11;3-1-2-4/h8H,3-7H2,1-2H3,(H2,9,10,11);4H,1-3H2. The lowest BCUT2D eigenvalue weighted by Gasteiger charge is -2.14. The molecule has 0 aliphatic heterocycles. The molecule has 6 nitrogen and oxygen atoms in total. The largest absolute Gasteiger partial charge is 0.469 e.